The minimum Gasteiger partial charge on any atom is -0.280 e. The smallest absolute Gasteiger partial charge is 0.279 e. The number of hydrogen-bond donors (Lipinski definition) is 3. The maximum Gasteiger partial charge on any atom is 0.279 e. The molecule has 0 aliphatic heterocycles. The second kappa shape index (κ2) is 8.24. The Labute approximate surface area is 166 Å². The van der Waals surface area contributed by atoms with E-state index >= 15 is 0 Å². The molecule has 2 aromatic carbocycles. The number of benzene rings is 2. The Balaban J connectivity index is 1.71. The van der Waals surface area contributed by atoms with Crippen LogP contribution >= 0.6 is 11.3 Å². The molecule has 144 valence electrons. The van der Waals surface area contributed by atoms with E-state index in [-0.39, 0.29) is 10.5 Å². The zero-order chi connectivity index (χ0) is 20.1. The van der Waals surface area contributed by atoms with Crippen molar-refractivity contribution in [3.05, 3.63) is 82.0 Å². The van der Waals surface area contributed by atoms with Crippen molar-refractivity contribution in [3.8, 4) is 0 Å². The lowest BCUT2D eigenvalue weighted by Gasteiger charge is -2.10. The molecule has 0 bridgehead atoms. The number of nitrogens with one attached hydrogen (secondary N) is 3. The molecule has 0 aliphatic rings. The van der Waals surface area contributed by atoms with Crippen LogP contribution in [0.1, 0.15) is 25.6 Å². The highest BCUT2D eigenvalue weighted by Gasteiger charge is 2.17. The normalized spacial score (nSPS) is 10.9. The Bertz CT molecular complexity index is 1090. The highest BCUT2D eigenvalue weighted by Crippen LogP contribution is 2.17. The number of carbonyl (C=O) groups excluding carboxylic acids is 2. The first kappa shape index (κ1) is 19.6. The van der Waals surface area contributed by atoms with Gasteiger partial charge >= 0.3 is 0 Å². The average molecular weight is 415 g/mol. The first-order valence-electron chi connectivity index (χ1n) is 8.19. The summed E-state index contributed by atoms with van der Waals surface area (Å²) >= 11 is 1.24. The number of thiophene rings is 1. The van der Waals surface area contributed by atoms with E-state index < -0.39 is 21.8 Å². The number of sulfonamides is 1. The van der Waals surface area contributed by atoms with Crippen LogP contribution in [0.15, 0.2) is 70.9 Å². The minimum atomic E-state index is -3.86. The van der Waals surface area contributed by atoms with Crippen molar-refractivity contribution < 1.29 is 18.0 Å². The van der Waals surface area contributed by atoms with Crippen LogP contribution in [0.3, 0.4) is 0 Å². The summed E-state index contributed by atoms with van der Waals surface area (Å²) in [6, 6.07) is 15.8. The van der Waals surface area contributed by atoms with Gasteiger partial charge in [0.05, 0.1) is 9.77 Å². The Kier molecular flexibility index (Phi) is 5.76. The molecule has 0 saturated carbocycles. The quantitative estimate of drug-likeness (QED) is 0.557. The van der Waals surface area contributed by atoms with Crippen LogP contribution < -0.4 is 15.6 Å². The Morgan fingerprint density at radius 1 is 0.893 bits per heavy atom. The molecule has 0 spiro atoms. The van der Waals surface area contributed by atoms with Crippen LogP contribution in [0.2, 0.25) is 0 Å². The van der Waals surface area contributed by atoms with Gasteiger partial charge in [0.15, 0.2) is 0 Å². The van der Waals surface area contributed by atoms with Crippen LogP contribution in [0, 0.1) is 6.92 Å². The van der Waals surface area contributed by atoms with Gasteiger partial charge in [-0.2, -0.15) is 0 Å². The van der Waals surface area contributed by atoms with E-state index in [0.717, 1.165) is 5.56 Å². The van der Waals surface area contributed by atoms with Gasteiger partial charge in [0.2, 0.25) is 0 Å². The maximum absolute atomic E-state index is 12.6. The number of anilines is 1. The molecule has 0 atom stereocenters. The first-order chi connectivity index (χ1) is 13.3. The molecule has 2 amide bonds. The van der Waals surface area contributed by atoms with E-state index in [4.69, 9.17) is 0 Å². The number of hydrazine groups is 1. The third kappa shape index (κ3) is 4.76. The second-order valence-electron chi connectivity index (χ2n) is 5.88. The molecule has 3 rings (SSSR count). The summed E-state index contributed by atoms with van der Waals surface area (Å²) in [5.74, 6) is -1.08. The van der Waals surface area contributed by atoms with Crippen molar-refractivity contribution >= 4 is 38.9 Å². The minimum absolute atomic E-state index is 0.0645. The molecule has 9 heteroatoms. The summed E-state index contributed by atoms with van der Waals surface area (Å²) in [6.45, 7) is 1.90. The van der Waals surface area contributed by atoms with Crippen LogP contribution in [0.4, 0.5) is 5.69 Å². The molecule has 1 heterocycles. The van der Waals surface area contributed by atoms with E-state index in [0.29, 0.717) is 10.6 Å². The molecule has 0 fully saturated rings. The predicted octanol–water partition coefficient (Wildman–Crippen LogP) is 2.93. The molecule has 0 aliphatic carbocycles. The van der Waals surface area contributed by atoms with E-state index in [1.165, 1.54) is 35.6 Å². The third-order valence-electron chi connectivity index (χ3n) is 3.74. The van der Waals surface area contributed by atoms with Crippen LogP contribution in [-0.2, 0) is 10.0 Å². The van der Waals surface area contributed by atoms with Gasteiger partial charge < -0.3 is 0 Å². The lowest BCUT2D eigenvalue weighted by Crippen LogP contribution is -2.41. The molecule has 3 aromatic rings. The molecular formula is C19H17N3O4S2. The van der Waals surface area contributed by atoms with Gasteiger partial charge in [0.1, 0.15) is 0 Å². The van der Waals surface area contributed by atoms with Gasteiger partial charge in [0.25, 0.3) is 21.8 Å². The third-order valence-corrected chi connectivity index (χ3v) is 5.99. The second-order valence-corrected chi connectivity index (χ2v) is 8.52. The predicted molar refractivity (Wildman–Crippen MR) is 108 cm³/mol. The highest BCUT2D eigenvalue weighted by molar-refractivity contribution is 7.92. The van der Waals surface area contributed by atoms with Crippen molar-refractivity contribution in [3.63, 3.8) is 0 Å². The van der Waals surface area contributed by atoms with Crippen molar-refractivity contribution in [2.45, 2.75) is 11.8 Å². The fourth-order valence-corrected chi connectivity index (χ4v) is 4.02. The molecule has 1 aromatic heterocycles. The van der Waals surface area contributed by atoms with Crippen LogP contribution in [0.25, 0.3) is 0 Å². The zero-order valence-electron chi connectivity index (χ0n) is 14.8. The summed E-state index contributed by atoms with van der Waals surface area (Å²) in [5.41, 5.74) is 6.09. The number of amides is 2. The van der Waals surface area contributed by atoms with Gasteiger partial charge in [0, 0.05) is 11.3 Å². The van der Waals surface area contributed by atoms with Gasteiger partial charge in [-0.15, -0.1) is 11.3 Å². The van der Waals surface area contributed by atoms with Gasteiger partial charge in [-0.25, -0.2) is 8.42 Å². The summed E-state index contributed by atoms with van der Waals surface area (Å²) in [5, 5.41) is 1.74. The topological polar surface area (TPSA) is 104 Å². The molecule has 0 saturated heterocycles. The number of carbonyl (C=O) groups is 2. The monoisotopic (exact) mass is 415 g/mol. The lowest BCUT2D eigenvalue weighted by atomic mass is 10.2. The largest absolute Gasteiger partial charge is 0.280 e. The molecule has 0 unspecified atom stereocenters. The summed E-state index contributed by atoms with van der Waals surface area (Å²) in [4.78, 5) is 24.5. The Morgan fingerprint density at radius 2 is 1.61 bits per heavy atom. The Hall–Kier alpha value is -3.17. The van der Waals surface area contributed by atoms with Gasteiger partial charge in [-0.1, -0.05) is 29.8 Å². The lowest BCUT2D eigenvalue weighted by molar-refractivity contribution is 0.0849. The van der Waals surface area contributed by atoms with Crippen molar-refractivity contribution in [1.82, 2.24) is 10.9 Å². The number of hydrogen-bond acceptors (Lipinski definition) is 5. The van der Waals surface area contributed by atoms with Crippen molar-refractivity contribution in [2.24, 2.45) is 0 Å². The Morgan fingerprint density at radius 3 is 2.29 bits per heavy atom. The molecule has 28 heavy (non-hydrogen) atoms. The molecular weight excluding hydrogens is 398 g/mol. The van der Waals surface area contributed by atoms with E-state index in [2.05, 4.69) is 15.6 Å². The first-order valence-corrected chi connectivity index (χ1v) is 10.6. The van der Waals surface area contributed by atoms with E-state index in [9.17, 15) is 18.0 Å². The fourth-order valence-electron chi connectivity index (χ4n) is 2.30. The van der Waals surface area contributed by atoms with Gasteiger partial charge in [-0.05, 0) is 48.7 Å². The fraction of sp³-hybridized carbons (Fsp3) is 0.0526. The maximum atomic E-state index is 12.6. The molecule has 3 N–H and O–H groups in total. The summed E-state index contributed by atoms with van der Waals surface area (Å²) in [7, 11) is -3.86. The SMILES string of the molecule is Cc1ccc(NS(=O)(=O)c2cccc(C(=O)NNC(=O)c3cccs3)c2)cc1. The van der Waals surface area contributed by atoms with Crippen LogP contribution in [-0.4, -0.2) is 20.2 Å². The standard InChI is InChI=1S/C19H17N3O4S2/c1-13-7-9-15(10-8-13)22-28(25,26)16-5-2-4-14(12-16)18(23)20-21-19(24)17-6-3-11-27-17/h2-12,22H,1H3,(H,20,23)(H,21,24). The zero-order valence-corrected chi connectivity index (χ0v) is 16.4. The summed E-state index contributed by atoms with van der Waals surface area (Å²) in [6.07, 6.45) is 0. The molecule has 7 nitrogen and oxygen atoms in total. The van der Waals surface area contributed by atoms with Crippen molar-refractivity contribution in [1.29, 1.82) is 0 Å². The number of aryl methyl sites for hydroxylation is 1. The van der Waals surface area contributed by atoms with Gasteiger partial charge in [-0.3, -0.25) is 25.2 Å². The van der Waals surface area contributed by atoms with Crippen molar-refractivity contribution in [2.75, 3.05) is 4.72 Å². The van der Waals surface area contributed by atoms with E-state index in [1.54, 1.807) is 41.8 Å². The average Bonchev–Trinajstić information content (AvgIpc) is 3.22. The van der Waals surface area contributed by atoms with E-state index in [1.807, 2.05) is 6.92 Å². The summed E-state index contributed by atoms with van der Waals surface area (Å²) < 4.78 is 27.6. The number of rotatable bonds is 5. The molecule has 0 radical (unpaired) electrons. The highest BCUT2D eigenvalue weighted by atomic mass is 32.2. The van der Waals surface area contributed by atoms with Crippen LogP contribution in [0.5, 0.6) is 0 Å².